The zero-order chi connectivity index (χ0) is 9.52. The molecule has 1 aromatic carbocycles. The maximum absolute atomic E-state index is 11.3. The summed E-state index contributed by atoms with van der Waals surface area (Å²) in [6.07, 6.45) is 0.338. The summed E-state index contributed by atoms with van der Waals surface area (Å²) in [7, 11) is 0. The fourth-order valence-electron chi connectivity index (χ4n) is 0.872. The number of amides is 1. The molecule has 0 aromatic heterocycles. The first-order chi connectivity index (χ1) is 6.34. The minimum Gasteiger partial charge on any atom is -0.351 e. The van der Waals surface area contributed by atoms with Crippen LogP contribution in [0.25, 0.3) is 0 Å². The van der Waals surface area contributed by atoms with E-state index in [0.717, 1.165) is 0 Å². The van der Waals surface area contributed by atoms with Crippen LogP contribution in [0, 0.1) is 17.4 Å². The Kier molecular flexibility index (Phi) is 3.52. The van der Waals surface area contributed by atoms with Crippen molar-refractivity contribution in [2.45, 2.75) is 6.42 Å². The Bertz CT molecular complexity index is 313. The number of hydrogen-bond acceptors (Lipinski definition) is 2. The molecule has 0 aliphatic heterocycles. The van der Waals surface area contributed by atoms with Crippen molar-refractivity contribution in [3.05, 3.63) is 35.9 Å². The van der Waals surface area contributed by atoms with Gasteiger partial charge in [0.05, 0.1) is 12.5 Å². The maximum atomic E-state index is 11.3. The lowest BCUT2D eigenvalue weighted by atomic mass is 10.2. The maximum Gasteiger partial charge on any atom is 0.251 e. The van der Waals surface area contributed by atoms with Crippen molar-refractivity contribution in [2.75, 3.05) is 6.54 Å². The lowest BCUT2D eigenvalue weighted by Gasteiger charge is -2.00. The van der Waals surface area contributed by atoms with Crippen molar-refractivity contribution in [3.63, 3.8) is 0 Å². The average molecular weight is 173 g/mol. The molecule has 0 fully saturated rings. The molecule has 0 unspecified atom stereocenters. The van der Waals surface area contributed by atoms with E-state index in [-0.39, 0.29) is 5.91 Å². The largest absolute Gasteiger partial charge is 0.351 e. The van der Waals surface area contributed by atoms with Gasteiger partial charge in [0.2, 0.25) is 0 Å². The number of hydrogen-bond donors (Lipinski definition) is 1. The van der Waals surface area contributed by atoms with Crippen LogP contribution in [0.5, 0.6) is 0 Å². The van der Waals surface area contributed by atoms with Gasteiger partial charge in [-0.15, -0.1) is 0 Å². The topological polar surface area (TPSA) is 52.9 Å². The van der Waals surface area contributed by atoms with Crippen molar-refractivity contribution in [2.24, 2.45) is 0 Å². The van der Waals surface area contributed by atoms with Gasteiger partial charge in [-0.25, -0.2) is 0 Å². The zero-order valence-electron chi connectivity index (χ0n) is 7.08. The third-order valence-electron chi connectivity index (χ3n) is 1.50. The molecule has 1 rings (SSSR count). The van der Waals surface area contributed by atoms with Gasteiger partial charge in [0.25, 0.3) is 5.91 Å². The third-order valence-corrected chi connectivity index (χ3v) is 1.50. The molecule has 0 saturated heterocycles. The van der Waals surface area contributed by atoms with Crippen LogP contribution in [0.1, 0.15) is 16.8 Å². The van der Waals surface area contributed by atoms with Gasteiger partial charge < -0.3 is 5.32 Å². The second-order valence-electron chi connectivity index (χ2n) is 2.45. The highest BCUT2D eigenvalue weighted by Gasteiger charge is 2.01. The number of nitriles is 1. The summed E-state index contributed by atoms with van der Waals surface area (Å²) in [6, 6.07) is 11.5. The Morgan fingerprint density at radius 3 is 2.85 bits per heavy atom. The van der Waals surface area contributed by atoms with E-state index in [2.05, 4.69) is 11.4 Å². The van der Waals surface area contributed by atoms with Gasteiger partial charge in [-0.05, 0) is 18.2 Å². The standard InChI is InChI=1S/C10H9N2O/c11-7-4-8-12-10(13)9-5-2-1-3-6-9/h2-3,5-6H,4,8H2,(H,12,13). The Hall–Kier alpha value is -1.82. The van der Waals surface area contributed by atoms with E-state index in [1.807, 2.05) is 6.07 Å². The Morgan fingerprint density at radius 1 is 1.54 bits per heavy atom. The van der Waals surface area contributed by atoms with Gasteiger partial charge in [-0.2, -0.15) is 5.26 Å². The molecular formula is C10H9N2O. The van der Waals surface area contributed by atoms with Gasteiger partial charge in [0.15, 0.2) is 0 Å². The number of nitrogens with zero attached hydrogens (tertiary/aromatic N) is 1. The second-order valence-corrected chi connectivity index (χ2v) is 2.45. The van der Waals surface area contributed by atoms with Crippen LogP contribution >= 0.6 is 0 Å². The van der Waals surface area contributed by atoms with Crippen LogP contribution in [0.2, 0.25) is 0 Å². The van der Waals surface area contributed by atoms with E-state index < -0.39 is 0 Å². The van der Waals surface area contributed by atoms with Gasteiger partial charge in [-0.1, -0.05) is 12.1 Å². The molecule has 1 amide bonds. The zero-order valence-corrected chi connectivity index (χ0v) is 7.08. The number of carbonyl (C=O) groups excluding carboxylic acids is 1. The van der Waals surface area contributed by atoms with Gasteiger partial charge in [-0.3, -0.25) is 4.79 Å². The number of nitrogens with one attached hydrogen (secondary N) is 1. The molecule has 3 nitrogen and oxygen atoms in total. The second kappa shape index (κ2) is 4.94. The normalized spacial score (nSPS) is 8.85. The van der Waals surface area contributed by atoms with Crippen molar-refractivity contribution >= 4 is 5.91 Å². The average Bonchev–Trinajstić information content (AvgIpc) is 2.19. The van der Waals surface area contributed by atoms with E-state index in [4.69, 9.17) is 5.26 Å². The molecule has 0 aliphatic carbocycles. The number of carbonyl (C=O) groups is 1. The molecule has 65 valence electrons. The van der Waals surface area contributed by atoms with Crippen molar-refractivity contribution < 1.29 is 4.79 Å². The minimum atomic E-state index is -0.149. The molecule has 0 bridgehead atoms. The molecule has 3 heteroatoms. The van der Waals surface area contributed by atoms with E-state index in [1.165, 1.54) is 0 Å². The number of rotatable bonds is 3. The summed E-state index contributed by atoms with van der Waals surface area (Å²) in [4.78, 5) is 11.3. The first kappa shape index (κ1) is 9.27. The smallest absolute Gasteiger partial charge is 0.251 e. The molecule has 0 aliphatic rings. The molecule has 13 heavy (non-hydrogen) atoms. The SMILES string of the molecule is N#CCCNC(=O)c1cc[c]cc1. The Labute approximate surface area is 77.0 Å². The number of benzene rings is 1. The summed E-state index contributed by atoms with van der Waals surface area (Å²) >= 11 is 0. The fraction of sp³-hybridized carbons (Fsp3) is 0.200. The summed E-state index contributed by atoms with van der Waals surface area (Å²) in [5.74, 6) is -0.149. The predicted molar refractivity (Wildman–Crippen MR) is 47.8 cm³/mol. The van der Waals surface area contributed by atoms with Crippen molar-refractivity contribution in [1.82, 2.24) is 5.32 Å². The molecule has 0 atom stereocenters. The molecule has 0 spiro atoms. The van der Waals surface area contributed by atoms with Crippen LogP contribution in [0.15, 0.2) is 24.3 Å². The first-order valence-corrected chi connectivity index (χ1v) is 3.96. The van der Waals surface area contributed by atoms with Gasteiger partial charge in [0, 0.05) is 12.1 Å². The third kappa shape index (κ3) is 2.96. The molecule has 0 saturated carbocycles. The van der Waals surface area contributed by atoms with Crippen LogP contribution < -0.4 is 5.32 Å². The predicted octanol–water partition coefficient (Wildman–Crippen LogP) is 1.13. The monoisotopic (exact) mass is 173 g/mol. The highest BCUT2D eigenvalue weighted by Crippen LogP contribution is 1.96. The highest BCUT2D eigenvalue weighted by atomic mass is 16.1. The lowest BCUT2D eigenvalue weighted by molar-refractivity contribution is 0.0954. The molecule has 1 radical (unpaired) electrons. The molecule has 0 heterocycles. The van der Waals surface area contributed by atoms with Crippen LogP contribution in [0.4, 0.5) is 0 Å². The summed E-state index contributed by atoms with van der Waals surface area (Å²) in [5, 5.41) is 10.9. The van der Waals surface area contributed by atoms with E-state index in [1.54, 1.807) is 24.3 Å². The lowest BCUT2D eigenvalue weighted by Crippen LogP contribution is -2.23. The van der Waals surface area contributed by atoms with Crippen LogP contribution in [-0.4, -0.2) is 12.5 Å². The van der Waals surface area contributed by atoms with Crippen LogP contribution in [0.3, 0.4) is 0 Å². The van der Waals surface area contributed by atoms with E-state index in [0.29, 0.717) is 18.5 Å². The Balaban J connectivity index is 2.46. The summed E-state index contributed by atoms with van der Waals surface area (Å²) in [5.41, 5.74) is 0.594. The fourth-order valence-corrected chi connectivity index (χ4v) is 0.872. The van der Waals surface area contributed by atoms with E-state index >= 15 is 0 Å². The molecular weight excluding hydrogens is 164 g/mol. The first-order valence-electron chi connectivity index (χ1n) is 3.96. The van der Waals surface area contributed by atoms with Crippen molar-refractivity contribution in [1.29, 1.82) is 5.26 Å². The Morgan fingerprint density at radius 2 is 2.23 bits per heavy atom. The summed E-state index contributed by atoms with van der Waals surface area (Å²) < 4.78 is 0. The molecule has 1 aromatic rings. The van der Waals surface area contributed by atoms with E-state index in [9.17, 15) is 4.79 Å². The van der Waals surface area contributed by atoms with Crippen LogP contribution in [-0.2, 0) is 0 Å². The van der Waals surface area contributed by atoms with Gasteiger partial charge in [0.1, 0.15) is 0 Å². The minimum absolute atomic E-state index is 0.149. The summed E-state index contributed by atoms with van der Waals surface area (Å²) in [6.45, 7) is 0.397. The quantitative estimate of drug-likeness (QED) is 0.696. The highest BCUT2D eigenvalue weighted by molar-refractivity contribution is 5.94. The van der Waals surface area contributed by atoms with Gasteiger partial charge >= 0.3 is 0 Å². The van der Waals surface area contributed by atoms with Crippen molar-refractivity contribution in [3.8, 4) is 6.07 Å². The molecule has 1 N–H and O–H groups in total.